The smallest absolute Gasteiger partial charge is 0.271 e. The van der Waals surface area contributed by atoms with Gasteiger partial charge in [-0.3, -0.25) is 14.3 Å². The molecule has 0 saturated heterocycles. The van der Waals surface area contributed by atoms with E-state index in [0.29, 0.717) is 21.8 Å². The fraction of sp³-hybridized carbons (Fsp3) is 0. The summed E-state index contributed by atoms with van der Waals surface area (Å²) in [5, 5.41) is 6.16. The van der Waals surface area contributed by atoms with Gasteiger partial charge in [0.1, 0.15) is 5.71 Å². The Morgan fingerprint density at radius 3 is 2.32 bits per heavy atom. The predicted molar refractivity (Wildman–Crippen MR) is 131 cm³/mol. The van der Waals surface area contributed by atoms with Crippen molar-refractivity contribution in [1.82, 2.24) is 5.43 Å². The number of carbonyl (C=O) groups excluding carboxylic acids is 2. The summed E-state index contributed by atoms with van der Waals surface area (Å²) < 4.78 is 28.0. The molecule has 0 fully saturated rings. The van der Waals surface area contributed by atoms with Crippen LogP contribution in [0.25, 0.3) is 10.8 Å². The van der Waals surface area contributed by atoms with Crippen molar-refractivity contribution < 1.29 is 18.0 Å². The Morgan fingerprint density at radius 1 is 0.853 bits per heavy atom. The second kappa shape index (κ2) is 8.40. The van der Waals surface area contributed by atoms with Gasteiger partial charge in [0.05, 0.1) is 10.6 Å². The van der Waals surface area contributed by atoms with Crippen molar-refractivity contribution in [3.8, 4) is 0 Å². The van der Waals surface area contributed by atoms with Gasteiger partial charge in [0.15, 0.2) is 0 Å². The summed E-state index contributed by atoms with van der Waals surface area (Å²) >= 11 is 5.92. The lowest BCUT2D eigenvalue weighted by Gasteiger charge is -2.09. The monoisotopic (exact) mass is 489 g/mol. The molecule has 34 heavy (non-hydrogen) atoms. The first-order chi connectivity index (χ1) is 16.3. The maximum Gasteiger partial charge on any atom is 0.271 e. The number of amides is 1. The molecule has 9 heteroatoms. The lowest BCUT2D eigenvalue weighted by Crippen LogP contribution is -2.22. The van der Waals surface area contributed by atoms with Gasteiger partial charge in [0.25, 0.3) is 15.9 Å². The first kappa shape index (κ1) is 21.8. The van der Waals surface area contributed by atoms with Crippen molar-refractivity contribution in [1.29, 1.82) is 0 Å². The van der Waals surface area contributed by atoms with E-state index in [1.807, 2.05) is 18.2 Å². The van der Waals surface area contributed by atoms with Crippen molar-refractivity contribution in [2.24, 2.45) is 5.10 Å². The molecule has 168 valence electrons. The van der Waals surface area contributed by atoms with Crippen LogP contribution in [0.4, 0.5) is 5.69 Å². The molecule has 0 atom stereocenters. The van der Waals surface area contributed by atoms with Gasteiger partial charge < -0.3 is 0 Å². The predicted octanol–water partition coefficient (Wildman–Crippen LogP) is 4.62. The molecule has 1 amide bonds. The zero-order valence-corrected chi connectivity index (χ0v) is 19.0. The Balaban J connectivity index is 1.40. The van der Waals surface area contributed by atoms with E-state index in [-0.39, 0.29) is 22.0 Å². The highest BCUT2D eigenvalue weighted by atomic mass is 35.5. The summed E-state index contributed by atoms with van der Waals surface area (Å²) in [6.45, 7) is 0. The largest absolute Gasteiger partial charge is 0.287 e. The highest BCUT2D eigenvalue weighted by Crippen LogP contribution is 2.30. The molecule has 2 N–H and O–H groups in total. The molecule has 7 nitrogen and oxygen atoms in total. The molecule has 0 heterocycles. The summed E-state index contributed by atoms with van der Waals surface area (Å²) in [5.74, 6) is -0.933. The van der Waals surface area contributed by atoms with E-state index in [0.717, 1.165) is 10.8 Å². The van der Waals surface area contributed by atoms with Crippen molar-refractivity contribution >= 4 is 55.5 Å². The molecule has 4 aromatic rings. The molecule has 0 saturated carbocycles. The third kappa shape index (κ3) is 3.93. The topological polar surface area (TPSA) is 105 Å². The van der Waals surface area contributed by atoms with Crippen molar-refractivity contribution in [3.63, 3.8) is 0 Å². The van der Waals surface area contributed by atoms with E-state index in [4.69, 9.17) is 11.6 Å². The number of benzene rings is 4. The third-order valence-electron chi connectivity index (χ3n) is 5.37. The van der Waals surface area contributed by atoms with Gasteiger partial charge in [0.2, 0.25) is 5.78 Å². The number of carbonyl (C=O) groups is 2. The summed E-state index contributed by atoms with van der Waals surface area (Å²) in [6, 6.07) is 22.7. The van der Waals surface area contributed by atoms with Gasteiger partial charge in [-0.15, -0.1) is 0 Å². The number of hydrogen-bond acceptors (Lipinski definition) is 5. The molecule has 1 aliphatic rings. The van der Waals surface area contributed by atoms with Crippen molar-refractivity contribution in [2.75, 3.05) is 4.72 Å². The van der Waals surface area contributed by atoms with E-state index in [2.05, 4.69) is 15.2 Å². The summed E-state index contributed by atoms with van der Waals surface area (Å²) in [7, 11) is -3.97. The van der Waals surface area contributed by atoms with Crippen LogP contribution in [0.15, 0.2) is 94.9 Å². The van der Waals surface area contributed by atoms with Crippen LogP contribution in [0.5, 0.6) is 0 Å². The minimum Gasteiger partial charge on any atom is -0.287 e. The highest BCUT2D eigenvalue weighted by molar-refractivity contribution is 7.92. The Bertz CT molecular complexity index is 1630. The molecule has 0 aromatic heterocycles. The molecule has 0 bridgehead atoms. The summed E-state index contributed by atoms with van der Waals surface area (Å²) in [6.07, 6.45) is 0. The fourth-order valence-electron chi connectivity index (χ4n) is 3.83. The van der Waals surface area contributed by atoms with E-state index in [1.165, 1.54) is 30.3 Å². The number of nitrogens with zero attached hydrogens (tertiary/aromatic N) is 1. The van der Waals surface area contributed by atoms with Crippen LogP contribution in [0, 0.1) is 0 Å². The minimum atomic E-state index is -3.97. The zero-order chi connectivity index (χ0) is 23.9. The summed E-state index contributed by atoms with van der Waals surface area (Å²) in [5.41, 5.74) is 4.04. The van der Waals surface area contributed by atoms with Crippen molar-refractivity contribution in [2.45, 2.75) is 4.90 Å². The van der Waals surface area contributed by atoms with Crippen LogP contribution in [-0.2, 0) is 10.0 Å². The number of Topliss-reactive ketones (excluding diaryl/α,β-unsaturated/α-hetero) is 1. The lowest BCUT2D eigenvalue weighted by molar-refractivity contribution is 0.0954. The lowest BCUT2D eigenvalue weighted by atomic mass is 10.1. The fourth-order valence-corrected chi connectivity index (χ4v) is 5.12. The number of nitrogens with one attached hydrogen (secondary N) is 2. The molecule has 0 unspecified atom stereocenters. The van der Waals surface area contributed by atoms with E-state index < -0.39 is 15.9 Å². The third-order valence-corrected chi connectivity index (χ3v) is 6.99. The van der Waals surface area contributed by atoms with Gasteiger partial charge in [-0.1, -0.05) is 60.1 Å². The first-order valence-electron chi connectivity index (χ1n) is 10.2. The zero-order valence-electron chi connectivity index (χ0n) is 17.4. The molecule has 5 rings (SSSR count). The van der Waals surface area contributed by atoms with Gasteiger partial charge in [-0.2, -0.15) is 5.10 Å². The van der Waals surface area contributed by atoms with Gasteiger partial charge in [0, 0.05) is 27.1 Å². The average molecular weight is 490 g/mol. The Kier molecular flexibility index (Phi) is 5.39. The second-order valence-corrected chi connectivity index (χ2v) is 9.70. The number of anilines is 1. The average Bonchev–Trinajstić information content (AvgIpc) is 3.10. The van der Waals surface area contributed by atoms with Crippen molar-refractivity contribution in [3.05, 3.63) is 107 Å². The molecular weight excluding hydrogens is 474 g/mol. The van der Waals surface area contributed by atoms with E-state index in [9.17, 15) is 18.0 Å². The second-order valence-electron chi connectivity index (χ2n) is 7.58. The van der Waals surface area contributed by atoms with Crippen LogP contribution in [0.2, 0.25) is 5.02 Å². The maximum atomic E-state index is 12.8. The SMILES string of the molecule is O=C(N/N=C1/C(=O)c2cccc3cccc1c23)c1cccc(S(=O)(=O)Nc2cccc(Cl)c2)c1. The van der Waals surface area contributed by atoms with E-state index in [1.54, 1.807) is 36.4 Å². The van der Waals surface area contributed by atoms with E-state index >= 15 is 0 Å². The highest BCUT2D eigenvalue weighted by Gasteiger charge is 2.29. The number of hydrazone groups is 1. The van der Waals surface area contributed by atoms with Crippen LogP contribution in [0.3, 0.4) is 0 Å². The quantitative estimate of drug-likeness (QED) is 0.399. The number of hydrogen-bond donors (Lipinski definition) is 2. The standard InChI is InChI=1S/C25H16ClN3O4S/c26-17-8-4-9-18(14-17)29-34(32,33)19-10-1-7-16(13-19)25(31)28-27-23-20-11-2-5-15-6-3-12-21(22(15)20)24(23)30/h1-14,29H,(H,28,31)/b27-23+. The first-order valence-corrected chi connectivity index (χ1v) is 12.0. The van der Waals surface area contributed by atoms with Crippen LogP contribution in [0.1, 0.15) is 26.3 Å². The number of ketones is 1. The molecule has 0 aliphatic heterocycles. The molecule has 0 radical (unpaired) electrons. The number of rotatable bonds is 5. The number of sulfonamides is 1. The number of halogens is 1. The Morgan fingerprint density at radius 2 is 1.56 bits per heavy atom. The molecule has 0 spiro atoms. The minimum absolute atomic E-state index is 0.0690. The molecular formula is C25H16ClN3O4S. The Labute approximate surface area is 200 Å². The van der Waals surface area contributed by atoms with Gasteiger partial charge >= 0.3 is 0 Å². The van der Waals surface area contributed by atoms with Crippen LogP contribution >= 0.6 is 11.6 Å². The molecule has 4 aromatic carbocycles. The maximum absolute atomic E-state index is 12.8. The summed E-state index contributed by atoms with van der Waals surface area (Å²) in [4.78, 5) is 25.5. The Hall–Kier alpha value is -4.01. The molecule has 1 aliphatic carbocycles. The van der Waals surface area contributed by atoms with Gasteiger partial charge in [-0.25, -0.2) is 13.8 Å². The normalized spacial score (nSPS) is 13.9. The van der Waals surface area contributed by atoms with Crippen LogP contribution in [-0.4, -0.2) is 25.8 Å². The van der Waals surface area contributed by atoms with Crippen LogP contribution < -0.4 is 10.1 Å². The van der Waals surface area contributed by atoms with Gasteiger partial charge in [-0.05, 0) is 41.8 Å².